The van der Waals surface area contributed by atoms with Crippen molar-refractivity contribution in [1.82, 2.24) is 14.4 Å². The molecule has 0 aliphatic carbocycles. The van der Waals surface area contributed by atoms with Gasteiger partial charge < -0.3 is 19.1 Å². The van der Waals surface area contributed by atoms with Gasteiger partial charge in [0.05, 0.1) is 13.1 Å². The van der Waals surface area contributed by atoms with Gasteiger partial charge in [-0.3, -0.25) is 9.59 Å². The third-order valence-corrected chi connectivity index (χ3v) is 5.34. The number of nitrogens with zero attached hydrogens (tertiary/aromatic N) is 3. The number of rotatable bonds is 11. The van der Waals surface area contributed by atoms with Crippen molar-refractivity contribution < 1.29 is 14.3 Å². The van der Waals surface area contributed by atoms with Crippen LogP contribution in [-0.4, -0.2) is 45.9 Å². The molecule has 0 unspecified atom stereocenters. The molecule has 0 saturated carbocycles. The fourth-order valence-corrected chi connectivity index (χ4v) is 3.60. The highest BCUT2D eigenvalue weighted by molar-refractivity contribution is 5.85. The topological polar surface area (TPSA) is 54.8 Å². The Hall–Kier alpha value is -3.54. The molecular formula is C27H33N3O3. The fraction of sp³-hybridized carbons (Fsp3) is 0.333. The Labute approximate surface area is 196 Å². The third kappa shape index (κ3) is 7.52. The maximum Gasteiger partial charge on any atom is 0.260 e. The van der Waals surface area contributed by atoms with Gasteiger partial charge in [-0.2, -0.15) is 0 Å². The molecule has 0 N–H and O–H groups in total. The molecule has 0 radical (unpaired) electrons. The number of hydrogen-bond acceptors (Lipinski definition) is 3. The van der Waals surface area contributed by atoms with Crippen molar-refractivity contribution in [2.75, 3.05) is 19.7 Å². The predicted octanol–water partition coefficient (Wildman–Crippen LogP) is 4.12. The molecule has 6 heteroatoms. The standard InChI is InChI=1S/C27H33N3O3/c1-22(2)17-29(27(32)21-33-25-14-8-5-9-15-25)20-26(31)30(18-23-11-6-4-7-12-23)19-24-13-10-16-28(24)3/h4-16,22H,17-21H2,1-3H3. The first kappa shape index (κ1) is 24.1. The third-order valence-electron chi connectivity index (χ3n) is 5.34. The molecule has 2 amide bonds. The smallest absolute Gasteiger partial charge is 0.260 e. The number of ether oxygens (including phenoxy) is 1. The molecule has 1 aromatic heterocycles. The lowest BCUT2D eigenvalue weighted by Crippen LogP contribution is -2.45. The summed E-state index contributed by atoms with van der Waals surface area (Å²) in [5.41, 5.74) is 2.09. The van der Waals surface area contributed by atoms with E-state index < -0.39 is 0 Å². The van der Waals surface area contributed by atoms with E-state index in [1.807, 2.05) is 109 Å². The summed E-state index contributed by atoms with van der Waals surface area (Å²) in [6.07, 6.45) is 1.97. The van der Waals surface area contributed by atoms with Crippen LogP contribution in [0.25, 0.3) is 0 Å². The first-order valence-electron chi connectivity index (χ1n) is 11.3. The van der Waals surface area contributed by atoms with Gasteiger partial charge in [0.1, 0.15) is 5.75 Å². The number of amides is 2. The van der Waals surface area contributed by atoms with Gasteiger partial charge in [-0.05, 0) is 35.7 Å². The van der Waals surface area contributed by atoms with Crippen LogP contribution in [0.1, 0.15) is 25.1 Å². The Morgan fingerprint density at radius 3 is 2.12 bits per heavy atom. The Morgan fingerprint density at radius 1 is 0.848 bits per heavy atom. The largest absolute Gasteiger partial charge is 0.484 e. The molecule has 0 bridgehead atoms. The van der Waals surface area contributed by atoms with Crippen molar-refractivity contribution in [3.05, 3.63) is 90.3 Å². The number of aryl methyl sites for hydroxylation is 1. The molecule has 0 spiro atoms. The first-order chi connectivity index (χ1) is 15.9. The lowest BCUT2D eigenvalue weighted by Gasteiger charge is -2.29. The highest BCUT2D eigenvalue weighted by atomic mass is 16.5. The van der Waals surface area contributed by atoms with Crippen LogP contribution >= 0.6 is 0 Å². The van der Waals surface area contributed by atoms with Crippen LogP contribution in [0.4, 0.5) is 0 Å². The predicted molar refractivity (Wildman–Crippen MR) is 129 cm³/mol. The number of benzene rings is 2. The lowest BCUT2D eigenvalue weighted by atomic mass is 10.2. The monoisotopic (exact) mass is 447 g/mol. The summed E-state index contributed by atoms with van der Waals surface area (Å²) < 4.78 is 7.66. The molecule has 6 nitrogen and oxygen atoms in total. The van der Waals surface area contributed by atoms with Gasteiger partial charge in [0.25, 0.3) is 5.91 Å². The van der Waals surface area contributed by atoms with E-state index in [0.29, 0.717) is 25.4 Å². The van der Waals surface area contributed by atoms with Gasteiger partial charge in [0.2, 0.25) is 5.91 Å². The van der Waals surface area contributed by atoms with E-state index >= 15 is 0 Å². The molecule has 3 aromatic rings. The van der Waals surface area contributed by atoms with E-state index in [4.69, 9.17) is 4.74 Å². The van der Waals surface area contributed by atoms with Crippen molar-refractivity contribution in [1.29, 1.82) is 0 Å². The summed E-state index contributed by atoms with van der Waals surface area (Å²) >= 11 is 0. The highest BCUT2D eigenvalue weighted by Crippen LogP contribution is 2.13. The summed E-state index contributed by atoms with van der Waals surface area (Å²) in [7, 11) is 1.97. The number of hydrogen-bond donors (Lipinski definition) is 0. The molecule has 0 aliphatic rings. The number of carbonyl (C=O) groups excluding carboxylic acids is 2. The number of aromatic nitrogens is 1. The second-order valence-corrected chi connectivity index (χ2v) is 8.62. The molecule has 0 atom stereocenters. The number of carbonyl (C=O) groups is 2. The zero-order chi connectivity index (χ0) is 23.6. The van der Waals surface area contributed by atoms with Crippen molar-refractivity contribution in [2.24, 2.45) is 13.0 Å². The van der Waals surface area contributed by atoms with Crippen molar-refractivity contribution in [2.45, 2.75) is 26.9 Å². The van der Waals surface area contributed by atoms with Crippen molar-refractivity contribution in [3.63, 3.8) is 0 Å². The second-order valence-electron chi connectivity index (χ2n) is 8.62. The van der Waals surface area contributed by atoms with Crippen LogP contribution in [0.15, 0.2) is 79.0 Å². The van der Waals surface area contributed by atoms with Crippen molar-refractivity contribution >= 4 is 11.8 Å². The zero-order valence-electron chi connectivity index (χ0n) is 19.7. The van der Waals surface area contributed by atoms with Crippen LogP contribution < -0.4 is 4.74 Å². The minimum absolute atomic E-state index is 0.0203. The van der Waals surface area contributed by atoms with Crippen LogP contribution in [0.3, 0.4) is 0 Å². The maximum atomic E-state index is 13.4. The van der Waals surface area contributed by atoms with Gasteiger partial charge >= 0.3 is 0 Å². The minimum atomic E-state index is -0.195. The summed E-state index contributed by atoms with van der Waals surface area (Å²) in [6.45, 7) is 5.44. The summed E-state index contributed by atoms with van der Waals surface area (Å²) in [5, 5.41) is 0. The lowest BCUT2D eigenvalue weighted by molar-refractivity contribution is -0.142. The highest BCUT2D eigenvalue weighted by Gasteiger charge is 2.23. The minimum Gasteiger partial charge on any atom is -0.484 e. The van der Waals surface area contributed by atoms with Gasteiger partial charge in [0.15, 0.2) is 6.61 Å². The maximum absolute atomic E-state index is 13.4. The average molecular weight is 448 g/mol. The summed E-state index contributed by atoms with van der Waals surface area (Å²) in [4.78, 5) is 29.8. The Bertz CT molecular complexity index is 1020. The normalized spacial score (nSPS) is 10.8. The molecule has 0 aliphatic heterocycles. The van der Waals surface area contributed by atoms with Gasteiger partial charge in [0, 0.05) is 32.0 Å². The fourth-order valence-electron chi connectivity index (χ4n) is 3.60. The molecule has 1 heterocycles. The van der Waals surface area contributed by atoms with Gasteiger partial charge in [-0.1, -0.05) is 62.4 Å². The van der Waals surface area contributed by atoms with Crippen LogP contribution in [0, 0.1) is 5.92 Å². The molecule has 2 aromatic carbocycles. The quantitative estimate of drug-likeness (QED) is 0.444. The zero-order valence-corrected chi connectivity index (χ0v) is 19.7. The van der Waals surface area contributed by atoms with Crippen LogP contribution in [0.2, 0.25) is 0 Å². The van der Waals surface area contributed by atoms with Gasteiger partial charge in [-0.15, -0.1) is 0 Å². The van der Waals surface area contributed by atoms with E-state index in [1.165, 1.54) is 0 Å². The molecule has 33 heavy (non-hydrogen) atoms. The van der Waals surface area contributed by atoms with Crippen molar-refractivity contribution in [3.8, 4) is 5.75 Å². The van der Waals surface area contributed by atoms with Crippen LogP contribution in [0.5, 0.6) is 5.75 Å². The molecule has 0 saturated heterocycles. The molecule has 3 rings (SSSR count). The molecule has 174 valence electrons. The second kappa shape index (κ2) is 11.9. The Morgan fingerprint density at radius 2 is 1.52 bits per heavy atom. The summed E-state index contributed by atoms with van der Waals surface area (Å²) in [5.74, 6) is 0.582. The Kier molecular flexibility index (Phi) is 8.70. The van der Waals surface area contributed by atoms with E-state index in [-0.39, 0.29) is 30.9 Å². The Balaban J connectivity index is 1.72. The van der Waals surface area contributed by atoms with E-state index in [1.54, 1.807) is 4.90 Å². The SMILES string of the molecule is CC(C)CN(CC(=O)N(Cc1ccccc1)Cc1cccn1C)C(=O)COc1ccccc1. The average Bonchev–Trinajstić information content (AvgIpc) is 3.22. The van der Waals surface area contributed by atoms with E-state index in [0.717, 1.165) is 11.3 Å². The first-order valence-corrected chi connectivity index (χ1v) is 11.3. The van der Waals surface area contributed by atoms with Gasteiger partial charge in [-0.25, -0.2) is 0 Å². The van der Waals surface area contributed by atoms with Crippen LogP contribution in [-0.2, 0) is 29.7 Å². The number of para-hydroxylation sites is 1. The molecular weight excluding hydrogens is 414 g/mol. The molecule has 0 fully saturated rings. The van der Waals surface area contributed by atoms with E-state index in [9.17, 15) is 9.59 Å². The summed E-state index contributed by atoms with van der Waals surface area (Å²) in [6, 6.07) is 23.1. The van der Waals surface area contributed by atoms with E-state index in [2.05, 4.69) is 0 Å².